The monoisotopic (exact) mass is 366 g/mol. The summed E-state index contributed by atoms with van der Waals surface area (Å²) in [5.74, 6) is -0.230. The number of hydrogen-bond acceptors (Lipinski definition) is 5. The van der Waals surface area contributed by atoms with E-state index < -0.39 is 11.7 Å². The molecule has 1 aliphatic heterocycles. The van der Waals surface area contributed by atoms with Gasteiger partial charge in [-0.25, -0.2) is 9.97 Å². The summed E-state index contributed by atoms with van der Waals surface area (Å²) in [6.07, 6.45) is 0.128. The largest absolute Gasteiger partial charge is 0.416 e. The molecule has 1 aromatic heterocycles. The first-order valence-electron chi connectivity index (χ1n) is 8.08. The average Bonchev–Trinajstić information content (AvgIpc) is 3.13. The lowest BCUT2D eigenvalue weighted by atomic mass is 10.2. The highest BCUT2D eigenvalue weighted by Gasteiger charge is 2.30. The number of nitrogens with one attached hydrogen (secondary N) is 2. The summed E-state index contributed by atoms with van der Waals surface area (Å²) in [6, 6.07) is 4.71. The zero-order valence-corrected chi connectivity index (χ0v) is 13.7. The molecule has 1 aromatic carbocycles. The lowest BCUT2D eigenvalue weighted by Gasteiger charge is -2.11. The Bertz CT molecular complexity index is 759. The third-order valence-electron chi connectivity index (χ3n) is 3.87. The quantitative estimate of drug-likeness (QED) is 0.850. The fourth-order valence-corrected chi connectivity index (χ4v) is 2.53. The first kappa shape index (κ1) is 18.1. The molecule has 3 rings (SSSR count). The molecule has 0 bridgehead atoms. The second kappa shape index (κ2) is 7.69. The second-order valence-electron chi connectivity index (χ2n) is 5.84. The molecule has 1 amide bonds. The van der Waals surface area contributed by atoms with Crippen molar-refractivity contribution in [3.63, 3.8) is 0 Å². The van der Waals surface area contributed by atoms with E-state index in [0.29, 0.717) is 13.2 Å². The van der Waals surface area contributed by atoms with E-state index in [2.05, 4.69) is 20.6 Å². The Balaban J connectivity index is 1.59. The van der Waals surface area contributed by atoms with Crippen LogP contribution < -0.4 is 10.6 Å². The number of ether oxygens (including phenoxy) is 1. The van der Waals surface area contributed by atoms with Gasteiger partial charge < -0.3 is 15.4 Å². The van der Waals surface area contributed by atoms with E-state index in [-0.39, 0.29) is 29.2 Å². The van der Waals surface area contributed by atoms with Crippen LogP contribution in [0.25, 0.3) is 0 Å². The maximum atomic E-state index is 12.7. The predicted octanol–water partition coefficient (Wildman–Crippen LogP) is 3.15. The van der Waals surface area contributed by atoms with Gasteiger partial charge in [-0.2, -0.15) is 13.2 Å². The Kier molecular flexibility index (Phi) is 5.36. The fraction of sp³-hybridized carbons (Fsp3) is 0.353. The van der Waals surface area contributed by atoms with Crippen molar-refractivity contribution in [2.75, 3.05) is 18.5 Å². The van der Waals surface area contributed by atoms with Crippen molar-refractivity contribution in [3.8, 4) is 0 Å². The zero-order chi connectivity index (χ0) is 18.6. The van der Waals surface area contributed by atoms with Gasteiger partial charge in [-0.3, -0.25) is 4.79 Å². The number of amides is 1. The van der Waals surface area contributed by atoms with Crippen LogP contribution in [-0.4, -0.2) is 35.1 Å². The SMILES string of the molecule is O=C(NCC1CCCO1)c1cnc(Nc2cccc(C(F)(F)F)c2)nc1. The highest BCUT2D eigenvalue weighted by Crippen LogP contribution is 2.31. The third-order valence-corrected chi connectivity index (χ3v) is 3.87. The van der Waals surface area contributed by atoms with Crippen molar-refractivity contribution in [1.29, 1.82) is 0 Å². The number of alkyl halides is 3. The lowest BCUT2D eigenvalue weighted by Crippen LogP contribution is -2.31. The minimum atomic E-state index is -4.43. The number of carbonyl (C=O) groups is 1. The smallest absolute Gasteiger partial charge is 0.376 e. The minimum Gasteiger partial charge on any atom is -0.376 e. The Morgan fingerprint density at radius 3 is 2.69 bits per heavy atom. The first-order chi connectivity index (χ1) is 12.4. The van der Waals surface area contributed by atoms with Crippen molar-refractivity contribution >= 4 is 17.5 Å². The Labute approximate surface area is 147 Å². The molecule has 0 aliphatic carbocycles. The highest BCUT2D eigenvalue weighted by atomic mass is 19.4. The van der Waals surface area contributed by atoms with Crippen molar-refractivity contribution in [2.45, 2.75) is 25.1 Å². The summed E-state index contributed by atoms with van der Waals surface area (Å²) < 4.78 is 43.6. The van der Waals surface area contributed by atoms with Gasteiger partial charge in [0.15, 0.2) is 0 Å². The van der Waals surface area contributed by atoms with E-state index >= 15 is 0 Å². The van der Waals surface area contributed by atoms with Gasteiger partial charge >= 0.3 is 6.18 Å². The molecular formula is C17H17F3N4O2. The first-order valence-corrected chi connectivity index (χ1v) is 8.08. The second-order valence-corrected chi connectivity index (χ2v) is 5.84. The molecule has 2 N–H and O–H groups in total. The lowest BCUT2D eigenvalue weighted by molar-refractivity contribution is -0.137. The van der Waals surface area contributed by atoms with Crippen LogP contribution in [-0.2, 0) is 10.9 Å². The normalized spacial score (nSPS) is 17.1. The summed E-state index contributed by atoms with van der Waals surface area (Å²) in [7, 11) is 0. The van der Waals surface area contributed by atoms with E-state index in [0.717, 1.165) is 25.0 Å². The molecule has 2 aromatic rings. The van der Waals surface area contributed by atoms with Crippen LogP contribution >= 0.6 is 0 Å². The van der Waals surface area contributed by atoms with E-state index in [4.69, 9.17) is 4.74 Å². The number of nitrogens with zero attached hydrogens (tertiary/aromatic N) is 2. The standard InChI is InChI=1S/C17H17F3N4O2/c18-17(19,20)12-3-1-4-13(7-12)24-16-22-8-11(9-23-16)15(25)21-10-14-5-2-6-26-14/h1,3-4,7-9,14H,2,5-6,10H2,(H,21,25)(H,22,23,24). The van der Waals surface area contributed by atoms with Gasteiger partial charge in [0.05, 0.1) is 17.2 Å². The van der Waals surface area contributed by atoms with E-state index in [1.807, 2.05) is 0 Å². The average molecular weight is 366 g/mol. The number of benzene rings is 1. The van der Waals surface area contributed by atoms with Gasteiger partial charge in [-0.15, -0.1) is 0 Å². The molecule has 1 saturated heterocycles. The van der Waals surface area contributed by atoms with Crippen LogP contribution in [0.4, 0.5) is 24.8 Å². The van der Waals surface area contributed by atoms with Gasteiger partial charge in [-0.1, -0.05) is 6.07 Å². The number of carbonyl (C=O) groups excluding carboxylic acids is 1. The van der Waals surface area contributed by atoms with Gasteiger partial charge in [0.2, 0.25) is 5.95 Å². The number of hydrogen-bond donors (Lipinski definition) is 2. The minimum absolute atomic E-state index is 0.0294. The Hall–Kier alpha value is -2.68. The maximum Gasteiger partial charge on any atom is 0.416 e. The third kappa shape index (κ3) is 4.69. The molecule has 2 heterocycles. The topological polar surface area (TPSA) is 76.1 Å². The summed E-state index contributed by atoms with van der Waals surface area (Å²) in [6.45, 7) is 1.13. The number of aromatic nitrogens is 2. The van der Waals surface area contributed by atoms with Crippen LogP contribution in [0.15, 0.2) is 36.7 Å². The predicted molar refractivity (Wildman–Crippen MR) is 88.1 cm³/mol. The van der Waals surface area contributed by atoms with E-state index in [1.165, 1.54) is 24.5 Å². The number of anilines is 2. The number of rotatable bonds is 5. The summed E-state index contributed by atoms with van der Waals surface area (Å²) in [5.41, 5.74) is -0.305. The van der Waals surface area contributed by atoms with E-state index in [1.54, 1.807) is 0 Å². The van der Waals surface area contributed by atoms with Crippen LogP contribution in [0.3, 0.4) is 0 Å². The molecule has 26 heavy (non-hydrogen) atoms. The zero-order valence-electron chi connectivity index (χ0n) is 13.7. The molecule has 1 atom stereocenters. The van der Waals surface area contributed by atoms with Crippen LogP contribution in [0.1, 0.15) is 28.8 Å². The molecular weight excluding hydrogens is 349 g/mol. The molecule has 0 saturated carbocycles. The Morgan fingerprint density at radius 1 is 1.27 bits per heavy atom. The van der Waals surface area contributed by atoms with Crippen molar-refractivity contribution in [3.05, 3.63) is 47.8 Å². The number of halogens is 3. The summed E-state index contributed by atoms with van der Waals surface area (Å²) >= 11 is 0. The van der Waals surface area contributed by atoms with Gasteiger partial charge in [0.1, 0.15) is 0 Å². The molecule has 0 spiro atoms. The molecule has 0 radical (unpaired) electrons. The fourth-order valence-electron chi connectivity index (χ4n) is 2.53. The van der Waals surface area contributed by atoms with Gasteiger partial charge in [0, 0.05) is 31.2 Å². The summed E-state index contributed by atoms with van der Waals surface area (Å²) in [4.78, 5) is 20.0. The maximum absolute atomic E-state index is 12.7. The van der Waals surface area contributed by atoms with E-state index in [9.17, 15) is 18.0 Å². The highest BCUT2D eigenvalue weighted by molar-refractivity contribution is 5.93. The Morgan fingerprint density at radius 2 is 2.04 bits per heavy atom. The van der Waals surface area contributed by atoms with Gasteiger partial charge in [0.25, 0.3) is 5.91 Å². The van der Waals surface area contributed by atoms with Crippen LogP contribution in [0, 0.1) is 0 Å². The summed E-state index contributed by atoms with van der Waals surface area (Å²) in [5, 5.41) is 5.43. The molecule has 138 valence electrons. The van der Waals surface area contributed by atoms with Crippen LogP contribution in [0.2, 0.25) is 0 Å². The van der Waals surface area contributed by atoms with Gasteiger partial charge in [-0.05, 0) is 31.0 Å². The molecule has 6 nitrogen and oxygen atoms in total. The molecule has 9 heteroatoms. The molecule has 1 fully saturated rings. The van der Waals surface area contributed by atoms with Crippen molar-refractivity contribution in [1.82, 2.24) is 15.3 Å². The molecule has 1 unspecified atom stereocenters. The van der Waals surface area contributed by atoms with Crippen molar-refractivity contribution in [2.24, 2.45) is 0 Å². The molecule has 1 aliphatic rings. The van der Waals surface area contributed by atoms with Crippen LogP contribution in [0.5, 0.6) is 0 Å². The van der Waals surface area contributed by atoms with Crippen molar-refractivity contribution < 1.29 is 22.7 Å².